The Morgan fingerprint density at radius 1 is 1.41 bits per heavy atom. The van der Waals surface area contributed by atoms with E-state index in [0.717, 1.165) is 17.5 Å². The number of hydrogen-bond donors (Lipinski definition) is 1. The molecule has 2 heterocycles. The van der Waals surface area contributed by atoms with Crippen LogP contribution in [0.25, 0.3) is 0 Å². The molecule has 0 fully saturated rings. The summed E-state index contributed by atoms with van der Waals surface area (Å²) in [5.41, 5.74) is 1.93. The van der Waals surface area contributed by atoms with Gasteiger partial charge in [-0.05, 0) is 23.6 Å². The summed E-state index contributed by atoms with van der Waals surface area (Å²) < 4.78 is 14.0. The fourth-order valence-electron chi connectivity index (χ4n) is 2.59. The van der Waals surface area contributed by atoms with Crippen LogP contribution in [0.4, 0.5) is 10.2 Å². The SMILES string of the molecule is CN1CCc2ccccc2C(Nc2ncc(Cl)cc2F)C1=O. The summed E-state index contributed by atoms with van der Waals surface area (Å²) >= 11 is 5.71. The number of nitrogens with one attached hydrogen (secondary N) is 1. The molecule has 4 nitrogen and oxygen atoms in total. The molecule has 0 aliphatic carbocycles. The summed E-state index contributed by atoms with van der Waals surface area (Å²) in [5, 5.41) is 3.13. The van der Waals surface area contributed by atoms with Gasteiger partial charge in [0.25, 0.3) is 0 Å². The second-order valence-corrected chi connectivity index (χ2v) is 5.71. The van der Waals surface area contributed by atoms with Crippen molar-refractivity contribution >= 4 is 23.3 Å². The highest BCUT2D eigenvalue weighted by atomic mass is 35.5. The van der Waals surface area contributed by atoms with Gasteiger partial charge in [-0.1, -0.05) is 35.9 Å². The zero-order valence-electron chi connectivity index (χ0n) is 12.0. The first kappa shape index (κ1) is 14.8. The van der Waals surface area contributed by atoms with Gasteiger partial charge in [0, 0.05) is 19.8 Å². The summed E-state index contributed by atoms with van der Waals surface area (Å²) in [6, 6.07) is 8.20. The van der Waals surface area contributed by atoms with Crippen LogP contribution in [0, 0.1) is 5.82 Å². The number of likely N-dealkylation sites (N-methyl/N-ethyl adjacent to an activating group) is 1. The molecule has 1 unspecified atom stereocenters. The van der Waals surface area contributed by atoms with Crippen LogP contribution in [-0.2, 0) is 11.2 Å². The fraction of sp³-hybridized carbons (Fsp3) is 0.250. The van der Waals surface area contributed by atoms with Crippen LogP contribution in [0.15, 0.2) is 36.5 Å². The Hall–Kier alpha value is -2.14. The number of benzene rings is 1. The van der Waals surface area contributed by atoms with Crippen molar-refractivity contribution < 1.29 is 9.18 Å². The standard InChI is InChI=1S/C16H15ClFN3O/c1-21-7-6-10-4-2-3-5-12(10)14(16(21)22)20-15-13(18)8-11(17)9-19-15/h2-5,8-9,14H,6-7H2,1H3,(H,19,20). The zero-order chi connectivity index (χ0) is 15.7. The average molecular weight is 320 g/mol. The van der Waals surface area contributed by atoms with Crippen LogP contribution in [0.1, 0.15) is 17.2 Å². The minimum Gasteiger partial charge on any atom is -0.352 e. The third kappa shape index (κ3) is 2.76. The Bertz CT molecular complexity index is 722. The number of amides is 1. The van der Waals surface area contributed by atoms with Crippen molar-refractivity contribution in [3.05, 3.63) is 58.5 Å². The summed E-state index contributed by atoms with van der Waals surface area (Å²) in [4.78, 5) is 18.2. The predicted octanol–water partition coefficient (Wildman–Crippen LogP) is 3.04. The minimum atomic E-state index is -0.660. The molecule has 0 spiro atoms. The van der Waals surface area contributed by atoms with Gasteiger partial charge in [0.05, 0.1) is 5.02 Å². The molecule has 1 aromatic heterocycles. The topological polar surface area (TPSA) is 45.2 Å². The molecule has 3 rings (SSSR count). The first-order valence-corrected chi connectivity index (χ1v) is 7.34. The van der Waals surface area contributed by atoms with E-state index in [1.165, 1.54) is 12.3 Å². The fourth-order valence-corrected chi connectivity index (χ4v) is 2.74. The van der Waals surface area contributed by atoms with E-state index < -0.39 is 11.9 Å². The number of nitrogens with zero attached hydrogens (tertiary/aromatic N) is 2. The predicted molar refractivity (Wildman–Crippen MR) is 83.4 cm³/mol. The first-order chi connectivity index (χ1) is 10.6. The van der Waals surface area contributed by atoms with Gasteiger partial charge in [0.1, 0.15) is 6.04 Å². The Balaban J connectivity index is 2.00. The molecule has 114 valence electrons. The van der Waals surface area contributed by atoms with Crippen LogP contribution < -0.4 is 5.32 Å². The number of pyridine rings is 1. The van der Waals surface area contributed by atoms with Gasteiger partial charge >= 0.3 is 0 Å². The summed E-state index contributed by atoms with van der Waals surface area (Å²) in [5.74, 6) is -0.668. The van der Waals surface area contributed by atoms with Gasteiger partial charge in [0.2, 0.25) is 5.91 Å². The van der Waals surface area contributed by atoms with Gasteiger partial charge < -0.3 is 10.2 Å². The normalized spacial score (nSPS) is 17.9. The summed E-state index contributed by atoms with van der Waals surface area (Å²) in [7, 11) is 1.74. The number of carbonyl (C=O) groups is 1. The van der Waals surface area contributed by atoms with Gasteiger partial charge in [-0.3, -0.25) is 4.79 Å². The maximum Gasteiger partial charge on any atom is 0.249 e. The molecular weight excluding hydrogens is 305 g/mol. The molecule has 22 heavy (non-hydrogen) atoms. The number of fused-ring (bicyclic) bond motifs is 1. The van der Waals surface area contributed by atoms with Crippen LogP contribution in [0.2, 0.25) is 5.02 Å². The van der Waals surface area contributed by atoms with Crippen molar-refractivity contribution in [3.8, 4) is 0 Å². The van der Waals surface area contributed by atoms with Crippen molar-refractivity contribution in [2.45, 2.75) is 12.5 Å². The Morgan fingerprint density at radius 3 is 2.95 bits per heavy atom. The summed E-state index contributed by atoms with van der Waals surface area (Å²) in [6.45, 7) is 0.630. The van der Waals surface area contributed by atoms with Crippen LogP contribution >= 0.6 is 11.6 Å². The number of aromatic nitrogens is 1. The molecule has 1 aliphatic rings. The highest BCUT2D eigenvalue weighted by Crippen LogP contribution is 2.28. The van der Waals surface area contributed by atoms with Gasteiger partial charge in [-0.15, -0.1) is 0 Å². The van der Waals surface area contributed by atoms with Crippen molar-refractivity contribution in [2.24, 2.45) is 0 Å². The van der Waals surface area contributed by atoms with E-state index in [0.29, 0.717) is 6.54 Å². The second-order valence-electron chi connectivity index (χ2n) is 5.27. The maximum absolute atomic E-state index is 14.0. The molecule has 1 N–H and O–H groups in total. The van der Waals surface area contributed by atoms with Gasteiger partial charge in [-0.25, -0.2) is 9.37 Å². The lowest BCUT2D eigenvalue weighted by Crippen LogP contribution is -2.34. The van der Waals surface area contributed by atoms with E-state index >= 15 is 0 Å². The average Bonchev–Trinajstić information content (AvgIpc) is 2.62. The van der Waals surface area contributed by atoms with Gasteiger partial charge in [-0.2, -0.15) is 0 Å². The number of anilines is 1. The summed E-state index contributed by atoms with van der Waals surface area (Å²) in [6.07, 6.45) is 2.12. The highest BCUT2D eigenvalue weighted by molar-refractivity contribution is 6.30. The molecular formula is C16H15ClFN3O. The van der Waals surface area contributed by atoms with E-state index in [4.69, 9.17) is 11.6 Å². The Labute approximate surface area is 132 Å². The molecule has 6 heteroatoms. The molecule has 1 atom stereocenters. The first-order valence-electron chi connectivity index (χ1n) is 6.96. The number of hydrogen-bond acceptors (Lipinski definition) is 3. The van der Waals surface area contributed by atoms with E-state index in [2.05, 4.69) is 10.3 Å². The smallest absolute Gasteiger partial charge is 0.249 e. The molecule has 1 aliphatic heterocycles. The maximum atomic E-state index is 14.0. The van der Waals surface area contributed by atoms with E-state index in [9.17, 15) is 9.18 Å². The molecule has 0 saturated carbocycles. The molecule has 1 amide bonds. The van der Waals surface area contributed by atoms with E-state index in [-0.39, 0.29) is 16.7 Å². The van der Waals surface area contributed by atoms with Crippen molar-refractivity contribution in [3.63, 3.8) is 0 Å². The van der Waals surface area contributed by atoms with Crippen LogP contribution in [0.3, 0.4) is 0 Å². The monoisotopic (exact) mass is 319 g/mol. The number of halogens is 2. The molecule has 0 bridgehead atoms. The van der Waals surface area contributed by atoms with E-state index in [1.807, 2.05) is 24.3 Å². The number of carbonyl (C=O) groups excluding carboxylic acids is 1. The Morgan fingerprint density at radius 2 is 2.18 bits per heavy atom. The lowest BCUT2D eigenvalue weighted by Gasteiger charge is -2.22. The number of rotatable bonds is 2. The van der Waals surface area contributed by atoms with Crippen molar-refractivity contribution in [1.29, 1.82) is 0 Å². The quantitative estimate of drug-likeness (QED) is 0.925. The molecule has 2 aromatic rings. The van der Waals surface area contributed by atoms with E-state index in [1.54, 1.807) is 11.9 Å². The highest BCUT2D eigenvalue weighted by Gasteiger charge is 2.29. The minimum absolute atomic E-state index is 0.0212. The lowest BCUT2D eigenvalue weighted by atomic mass is 9.99. The Kier molecular flexibility index (Phi) is 3.98. The van der Waals surface area contributed by atoms with Crippen LogP contribution in [-0.4, -0.2) is 29.4 Å². The second kappa shape index (κ2) is 5.93. The molecule has 0 radical (unpaired) electrons. The van der Waals surface area contributed by atoms with Crippen LogP contribution in [0.5, 0.6) is 0 Å². The largest absolute Gasteiger partial charge is 0.352 e. The van der Waals surface area contributed by atoms with Gasteiger partial charge in [0.15, 0.2) is 11.6 Å². The third-order valence-electron chi connectivity index (χ3n) is 3.79. The van der Waals surface area contributed by atoms with Crippen molar-refractivity contribution in [1.82, 2.24) is 9.88 Å². The molecule has 0 saturated heterocycles. The van der Waals surface area contributed by atoms with Crippen molar-refractivity contribution in [2.75, 3.05) is 18.9 Å². The third-order valence-corrected chi connectivity index (χ3v) is 4.00. The lowest BCUT2D eigenvalue weighted by molar-refractivity contribution is -0.130. The zero-order valence-corrected chi connectivity index (χ0v) is 12.8. The molecule has 1 aromatic carbocycles.